The second-order valence-electron chi connectivity index (χ2n) is 13.1. The van der Waals surface area contributed by atoms with Gasteiger partial charge in [-0.1, -0.05) is 102 Å². The Morgan fingerprint density at radius 1 is 0.698 bits per heavy atom. The van der Waals surface area contributed by atoms with Crippen molar-refractivity contribution in [2.24, 2.45) is 11.8 Å². The van der Waals surface area contributed by atoms with Crippen LogP contribution in [-0.2, 0) is 14.2 Å². The fourth-order valence-corrected chi connectivity index (χ4v) is 3.33. The first-order valence-electron chi connectivity index (χ1n) is 21.5. The molecule has 2 N–H and O–H groups in total. The van der Waals surface area contributed by atoms with Crippen molar-refractivity contribution >= 4 is 0 Å². The van der Waals surface area contributed by atoms with Crippen molar-refractivity contribution in [2.75, 3.05) is 115 Å². The number of hydrogen-bond acceptors (Lipinski definition) is 7. The molecule has 9 heteroatoms. The Bertz CT molecular complexity index is 412. The van der Waals surface area contributed by atoms with Gasteiger partial charge in [-0.05, 0) is 139 Å². The van der Waals surface area contributed by atoms with Crippen LogP contribution in [0.3, 0.4) is 0 Å². The molecule has 0 aromatic rings. The maximum Gasteiger partial charge on any atom is 0.0922 e. The number of nitrogens with zero attached hydrogens (tertiary/aromatic N) is 2. The minimum absolute atomic E-state index is 0.0833. The van der Waals surface area contributed by atoms with Crippen molar-refractivity contribution in [2.45, 2.75) is 167 Å². The lowest BCUT2D eigenvalue weighted by atomic mass is 9.87. The van der Waals surface area contributed by atoms with Gasteiger partial charge in [-0.2, -0.15) is 0 Å². The van der Waals surface area contributed by atoms with Gasteiger partial charge in [0.2, 0.25) is 0 Å². The monoisotopic (exact) mass is 779 g/mol. The van der Waals surface area contributed by atoms with Gasteiger partial charge >= 0.3 is 0 Å². The van der Waals surface area contributed by atoms with Crippen molar-refractivity contribution in [3.63, 3.8) is 0 Å². The highest BCUT2D eigenvalue weighted by Gasteiger charge is 2.15. The fraction of sp³-hybridized carbons (Fsp3) is 1.00. The number of halogens is 2. The fourth-order valence-electron chi connectivity index (χ4n) is 3.33. The van der Waals surface area contributed by atoms with Gasteiger partial charge in [0.1, 0.15) is 0 Å². The summed E-state index contributed by atoms with van der Waals surface area (Å²) in [6.45, 7) is 39.2. The molecule has 1 rings (SSSR count). The number of rotatable bonds is 18. The van der Waals surface area contributed by atoms with Crippen LogP contribution in [-0.4, -0.2) is 131 Å². The summed E-state index contributed by atoms with van der Waals surface area (Å²) >= 11 is 0. The molecule has 0 amide bonds. The van der Waals surface area contributed by atoms with E-state index in [-0.39, 0.29) is 6.67 Å². The first-order valence-corrected chi connectivity index (χ1v) is 21.5. The molecule has 53 heavy (non-hydrogen) atoms. The Morgan fingerprint density at radius 3 is 1.19 bits per heavy atom. The molecule has 0 aromatic heterocycles. The van der Waals surface area contributed by atoms with Crippen LogP contribution in [0.1, 0.15) is 161 Å². The maximum absolute atomic E-state index is 11.4. The highest BCUT2D eigenvalue weighted by molar-refractivity contribution is 4.67. The molecule has 0 saturated heterocycles. The van der Waals surface area contributed by atoms with Crippen LogP contribution in [0.2, 0.25) is 0 Å². The zero-order valence-electron chi connectivity index (χ0n) is 40.7. The van der Waals surface area contributed by atoms with E-state index in [4.69, 9.17) is 14.2 Å². The van der Waals surface area contributed by atoms with E-state index in [2.05, 4.69) is 125 Å². The number of alkyl halides is 2. The Balaban J connectivity index is -0.0000000585. The van der Waals surface area contributed by atoms with E-state index in [9.17, 15) is 8.78 Å². The zero-order chi connectivity index (χ0) is 43.6. The summed E-state index contributed by atoms with van der Waals surface area (Å²) in [6.07, 6.45) is 12.7. The molecule has 1 aliphatic rings. The number of hydrogen-bond donors (Lipinski definition) is 2. The Hall–Kier alpha value is -0.420. The second-order valence-corrected chi connectivity index (χ2v) is 13.1. The van der Waals surface area contributed by atoms with Gasteiger partial charge in [0.25, 0.3) is 0 Å². The average molecular weight is 779 g/mol. The first kappa shape index (κ1) is 73.7. The molecular weight excluding hydrogens is 671 g/mol. The third-order valence-electron chi connectivity index (χ3n) is 6.97. The highest BCUT2D eigenvalue weighted by Crippen LogP contribution is 2.25. The van der Waals surface area contributed by atoms with E-state index >= 15 is 0 Å². The Labute approximate surface area is 337 Å². The molecule has 0 spiro atoms. The molecule has 0 radical (unpaired) electrons. The van der Waals surface area contributed by atoms with E-state index < -0.39 is 0 Å². The summed E-state index contributed by atoms with van der Waals surface area (Å²) in [6, 6.07) is 0. The summed E-state index contributed by atoms with van der Waals surface area (Å²) in [7, 11) is 12.2. The number of nitrogens with one attached hydrogen (secondary N) is 2. The van der Waals surface area contributed by atoms with Crippen LogP contribution in [0.5, 0.6) is 0 Å². The summed E-state index contributed by atoms with van der Waals surface area (Å²) in [4.78, 5) is 4.43. The normalized spacial score (nSPS) is 11.2. The summed E-state index contributed by atoms with van der Waals surface area (Å²) in [5.41, 5.74) is 0. The average Bonchev–Trinajstić information content (AvgIpc) is 3.12. The summed E-state index contributed by atoms with van der Waals surface area (Å²) in [5.74, 6) is 1.35. The topological polar surface area (TPSA) is 58.2 Å². The number of ether oxygens (including phenoxy) is 3. The minimum atomic E-state index is -0.0833. The first-order chi connectivity index (χ1) is 25.2. The molecule has 336 valence electrons. The quantitative estimate of drug-likeness (QED) is 0.144. The van der Waals surface area contributed by atoms with Crippen LogP contribution in [0.25, 0.3) is 0 Å². The molecule has 0 aromatic carbocycles. The predicted octanol–water partition coefficient (Wildman–Crippen LogP) is 11.8. The van der Waals surface area contributed by atoms with Crippen molar-refractivity contribution in [3.05, 3.63) is 0 Å². The SMILES string of the molecule is CCCC(C)C.CCCC(C)OC.CCCN(C)C.CCCNC.CCCOC.CCN(C)CC.CCNCC.CCOCC.CF.FCC1CCC1. The van der Waals surface area contributed by atoms with Crippen LogP contribution < -0.4 is 10.6 Å². The summed E-state index contributed by atoms with van der Waals surface area (Å²) < 4.78 is 35.5. The maximum atomic E-state index is 11.4. The molecule has 1 unspecified atom stereocenters. The van der Waals surface area contributed by atoms with E-state index in [1.54, 1.807) is 14.2 Å². The highest BCUT2D eigenvalue weighted by atomic mass is 19.1. The molecule has 0 heterocycles. The van der Waals surface area contributed by atoms with Gasteiger partial charge in [-0.15, -0.1) is 0 Å². The Morgan fingerprint density at radius 2 is 1.17 bits per heavy atom. The van der Waals surface area contributed by atoms with Gasteiger partial charge in [-0.25, -0.2) is 0 Å². The third-order valence-corrected chi connectivity index (χ3v) is 6.97. The molecule has 7 nitrogen and oxygen atoms in total. The van der Waals surface area contributed by atoms with Crippen molar-refractivity contribution in [1.82, 2.24) is 20.4 Å². The number of methoxy groups -OCH3 is 2. The van der Waals surface area contributed by atoms with Crippen LogP contribution >= 0.6 is 0 Å². The predicted molar refractivity (Wildman–Crippen MR) is 242 cm³/mol. The third kappa shape index (κ3) is 136. The largest absolute Gasteiger partial charge is 0.385 e. The van der Waals surface area contributed by atoms with Gasteiger partial charge in [0, 0.05) is 34.0 Å². The van der Waals surface area contributed by atoms with Gasteiger partial charge in [0.05, 0.1) is 20.0 Å². The summed E-state index contributed by atoms with van der Waals surface area (Å²) in [5, 5.41) is 6.13. The molecule has 1 saturated carbocycles. The molecule has 0 aliphatic heterocycles. The standard InChI is InChI=1S/C6H14O.C6H14.C5H9F.2C5H13N.2C4H11N.2C4H10O.CH3F/c1-4-5-6(2)7-3;1-4-5-6(2)3;6-4-5-2-1-3-5;1-4-5-6(2)3;1-4-6(3)5-2;1-3-4-5-2;1-3-5-4-2;1-3-4-5-2;1-3-5-4-2;1-2/h6H,4-5H2,1-3H3;6H,4-5H2,1-3H3;5H,1-4H2;2*4-5H2,1-3H3;2*5H,3-4H2,1-2H3;2*3-4H2,1-2H3;1H3. The molecule has 1 fully saturated rings. The molecule has 1 atom stereocenters. The van der Waals surface area contributed by atoms with E-state index in [1.807, 2.05) is 20.9 Å². The van der Waals surface area contributed by atoms with Gasteiger partial charge in [-0.3, -0.25) is 8.78 Å². The second kappa shape index (κ2) is 84.2. The lowest BCUT2D eigenvalue weighted by molar-refractivity contribution is 0.110. The molecule has 0 bridgehead atoms. The van der Waals surface area contributed by atoms with Crippen LogP contribution in [0, 0.1) is 11.8 Å². The molecule has 1 aliphatic carbocycles. The van der Waals surface area contributed by atoms with Gasteiger partial charge in [0.15, 0.2) is 0 Å². The molecular formula is C44H108F2N4O3. The lowest BCUT2D eigenvalue weighted by Crippen LogP contribution is -2.15. The Kier molecular flexibility index (Phi) is 117. The zero-order valence-corrected chi connectivity index (χ0v) is 40.7. The minimum Gasteiger partial charge on any atom is -0.385 e. The van der Waals surface area contributed by atoms with Crippen molar-refractivity contribution < 1.29 is 23.0 Å². The van der Waals surface area contributed by atoms with Gasteiger partial charge < -0.3 is 34.6 Å². The van der Waals surface area contributed by atoms with E-state index in [0.29, 0.717) is 19.2 Å². The van der Waals surface area contributed by atoms with E-state index in [0.717, 1.165) is 77.7 Å². The lowest BCUT2D eigenvalue weighted by Gasteiger charge is -2.20. The van der Waals surface area contributed by atoms with Crippen molar-refractivity contribution in [1.29, 1.82) is 0 Å². The van der Waals surface area contributed by atoms with Crippen LogP contribution in [0.4, 0.5) is 8.78 Å². The van der Waals surface area contributed by atoms with E-state index in [1.165, 1.54) is 51.5 Å². The van der Waals surface area contributed by atoms with Crippen LogP contribution in [0.15, 0.2) is 0 Å². The van der Waals surface area contributed by atoms with Crippen molar-refractivity contribution in [3.8, 4) is 0 Å². The smallest absolute Gasteiger partial charge is 0.0922 e.